The Balaban J connectivity index is 2.40. The van der Waals surface area contributed by atoms with E-state index in [0.717, 1.165) is 5.56 Å². The molecule has 0 heterocycles. The van der Waals surface area contributed by atoms with Crippen LogP contribution in [0.1, 0.15) is 25.3 Å². The number of para-hydroxylation sites is 1. The van der Waals surface area contributed by atoms with E-state index in [9.17, 15) is 10.1 Å². The fourth-order valence-corrected chi connectivity index (χ4v) is 2.01. The summed E-state index contributed by atoms with van der Waals surface area (Å²) in [6.45, 7) is 4.12. The molecule has 0 saturated heterocycles. The zero-order valence-corrected chi connectivity index (χ0v) is 11.9. The van der Waals surface area contributed by atoms with Gasteiger partial charge in [-0.25, -0.2) is 0 Å². The van der Waals surface area contributed by atoms with Crippen molar-refractivity contribution in [2.45, 2.75) is 19.8 Å². The first-order valence-electron chi connectivity index (χ1n) is 6.54. The van der Waals surface area contributed by atoms with Gasteiger partial charge >= 0.3 is 0 Å². The summed E-state index contributed by atoms with van der Waals surface area (Å²) >= 11 is 0. The summed E-state index contributed by atoms with van der Waals surface area (Å²) in [7, 11) is 0. The first kappa shape index (κ1) is 14.8. The van der Waals surface area contributed by atoms with Gasteiger partial charge in [-0.15, -0.1) is 0 Å². The quantitative estimate of drug-likeness (QED) is 0.496. The zero-order chi connectivity index (χ0) is 15.4. The Morgan fingerprint density at radius 1 is 1.24 bits per heavy atom. The summed E-state index contributed by atoms with van der Waals surface area (Å²) in [6.07, 6.45) is 0. The van der Waals surface area contributed by atoms with Crippen molar-refractivity contribution in [3.8, 4) is 11.5 Å². The molecule has 2 aromatic rings. The van der Waals surface area contributed by atoms with Crippen LogP contribution in [0.4, 0.5) is 11.4 Å². The first-order chi connectivity index (χ1) is 10.0. The summed E-state index contributed by atoms with van der Waals surface area (Å²) in [5.74, 6) is 6.66. The van der Waals surface area contributed by atoms with E-state index in [1.54, 1.807) is 6.07 Å². The van der Waals surface area contributed by atoms with E-state index < -0.39 is 4.92 Å². The van der Waals surface area contributed by atoms with Gasteiger partial charge in [-0.1, -0.05) is 32.0 Å². The van der Waals surface area contributed by atoms with Crippen molar-refractivity contribution in [1.82, 2.24) is 0 Å². The Labute approximate surface area is 122 Å². The van der Waals surface area contributed by atoms with E-state index >= 15 is 0 Å². The maximum atomic E-state index is 10.9. The molecule has 0 unspecified atom stereocenters. The number of nitrogens with one attached hydrogen (secondary N) is 1. The van der Waals surface area contributed by atoms with Gasteiger partial charge in [0.2, 0.25) is 0 Å². The molecular formula is C15H17N3O3. The number of hydrogen-bond acceptors (Lipinski definition) is 5. The number of non-ortho nitro benzene ring substituents is 1. The molecule has 0 radical (unpaired) electrons. The molecule has 0 atom stereocenters. The van der Waals surface area contributed by atoms with Crippen LogP contribution in [0.3, 0.4) is 0 Å². The van der Waals surface area contributed by atoms with Crippen LogP contribution < -0.4 is 16.0 Å². The molecule has 6 nitrogen and oxygen atoms in total. The highest BCUT2D eigenvalue weighted by Crippen LogP contribution is 2.33. The smallest absolute Gasteiger partial charge is 0.275 e. The number of anilines is 1. The number of hydrazine groups is 1. The van der Waals surface area contributed by atoms with Crippen LogP contribution in [-0.2, 0) is 0 Å². The molecule has 0 fully saturated rings. The number of nitro benzene ring substituents is 1. The lowest BCUT2D eigenvalue weighted by Crippen LogP contribution is -2.07. The van der Waals surface area contributed by atoms with Crippen LogP contribution in [-0.4, -0.2) is 4.92 Å². The van der Waals surface area contributed by atoms with Crippen LogP contribution in [0.25, 0.3) is 0 Å². The molecule has 6 heteroatoms. The predicted molar refractivity (Wildman–Crippen MR) is 81.5 cm³/mol. The van der Waals surface area contributed by atoms with Crippen molar-refractivity contribution in [3.63, 3.8) is 0 Å². The minimum Gasteiger partial charge on any atom is -0.457 e. The SMILES string of the molecule is CC(C)c1ccccc1Oc1cc(NN)cc([N+](=O)[O-])c1. The fraction of sp³-hybridized carbons (Fsp3) is 0.200. The maximum absolute atomic E-state index is 10.9. The van der Waals surface area contributed by atoms with E-state index in [1.807, 2.05) is 24.3 Å². The topological polar surface area (TPSA) is 90.4 Å². The minimum absolute atomic E-state index is 0.0810. The molecular weight excluding hydrogens is 270 g/mol. The number of rotatable bonds is 5. The zero-order valence-electron chi connectivity index (χ0n) is 11.9. The maximum Gasteiger partial charge on any atom is 0.275 e. The van der Waals surface area contributed by atoms with E-state index in [0.29, 0.717) is 17.2 Å². The van der Waals surface area contributed by atoms with Crippen molar-refractivity contribution in [2.75, 3.05) is 5.43 Å². The van der Waals surface area contributed by atoms with Gasteiger partial charge in [0.1, 0.15) is 11.5 Å². The van der Waals surface area contributed by atoms with Crippen LogP contribution >= 0.6 is 0 Å². The standard InChI is InChI=1S/C15H17N3O3/c1-10(2)14-5-3-4-6-15(14)21-13-8-11(17-16)7-12(9-13)18(19)20/h3-10,17H,16H2,1-2H3. The molecule has 110 valence electrons. The highest BCUT2D eigenvalue weighted by Gasteiger charge is 2.13. The molecule has 0 bridgehead atoms. The van der Waals surface area contributed by atoms with Crippen molar-refractivity contribution < 1.29 is 9.66 Å². The van der Waals surface area contributed by atoms with Gasteiger partial charge in [0.15, 0.2) is 0 Å². The Morgan fingerprint density at radius 3 is 2.57 bits per heavy atom. The number of ether oxygens (including phenoxy) is 1. The molecule has 0 aliphatic carbocycles. The average Bonchev–Trinajstić information content (AvgIpc) is 2.47. The molecule has 0 saturated carbocycles. The van der Waals surface area contributed by atoms with E-state index in [1.165, 1.54) is 12.1 Å². The number of hydrogen-bond donors (Lipinski definition) is 2. The van der Waals surface area contributed by atoms with Gasteiger partial charge in [-0.05, 0) is 17.5 Å². The Kier molecular flexibility index (Phi) is 4.39. The summed E-state index contributed by atoms with van der Waals surface area (Å²) in [6, 6.07) is 11.9. The lowest BCUT2D eigenvalue weighted by Gasteiger charge is -2.14. The van der Waals surface area contributed by atoms with E-state index in [4.69, 9.17) is 10.6 Å². The summed E-state index contributed by atoms with van der Waals surface area (Å²) < 4.78 is 5.80. The van der Waals surface area contributed by atoms with Crippen molar-refractivity contribution in [1.29, 1.82) is 0 Å². The van der Waals surface area contributed by atoms with Crippen LogP contribution in [0.15, 0.2) is 42.5 Å². The third kappa shape index (κ3) is 3.49. The normalized spacial score (nSPS) is 10.5. The molecule has 2 rings (SSSR count). The Bertz CT molecular complexity index is 656. The summed E-state index contributed by atoms with van der Waals surface area (Å²) in [4.78, 5) is 10.4. The third-order valence-corrected chi connectivity index (χ3v) is 3.04. The van der Waals surface area contributed by atoms with Gasteiger partial charge in [0, 0.05) is 12.1 Å². The van der Waals surface area contributed by atoms with Crippen LogP contribution in [0, 0.1) is 10.1 Å². The molecule has 0 aromatic heterocycles. The number of nitrogen functional groups attached to an aromatic ring is 1. The second kappa shape index (κ2) is 6.23. The number of nitrogens with two attached hydrogens (primary N) is 1. The molecule has 0 amide bonds. The number of nitrogens with zero attached hydrogens (tertiary/aromatic N) is 1. The third-order valence-electron chi connectivity index (χ3n) is 3.04. The Morgan fingerprint density at radius 2 is 1.95 bits per heavy atom. The summed E-state index contributed by atoms with van der Waals surface area (Å²) in [5, 5.41) is 10.9. The van der Waals surface area contributed by atoms with Crippen LogP contribution in [0.5, 0.6) is 11.5 Å². The van der Waals surface area contributed by atoms with Gasteiger partial charge in [-0.2, -0.15) is 0 Å². The molecule has 0 aliphatic heterocycles. The lowest BCUT2D eigenvalue weighted by atomic mass is 10.0. The average molecular weight is 287 g/mol. The predicted octanol–water partition coefficient (Wildman–Crippen LogP) is 3.80. The minimum atomic E-state index is -0.484. The van der Waals surface area contributed by atoms with Crippen molar-refractivity contribution >= 4 is 11.4 Å². The second-order valence-electron chi connectivity index (χ2n) is 4.91. The molecule has 0 spiro atoms. The number of benzene rings is 2. The summed E-state index contributed by atoms with van der Waals surface area (Å²) in [5.41, 5.74) is 3.77. The van der Waals surface area contributed by atoms with E-state index in [2.05, 4.69) is 19.3 Å². The molecule has 0 aliphatic rings. The highest BCUT2D eigenvalue weighted by atomic mass is 16.6. The monoisotopic (exact) mass is 287 g/mol. The van der Waals surface area contributed by atoms with Crippen molar-refractivity contribution in [2.24, 2.45) is 5.84 Å². The number of nitro groups is 1. The Hall–Kier alpha value is -2.60. The van der Waals surface area contributed by atoms with Crippen LogP contribution in [0.2, 0.25) is 0 Å². The van der Waals surface area contributed by atoms with E-state index in [-0.39, 0.29) is 11.6 Å². The van der Waals surface area contributed by atoms with Crippen molar-refractivity contribution in [3.05, 3.63) is 58.1 Å². The molecule has 2 aromatic carbocycles. The highest BCUT2D eigenvalue weighted by molar-refractivity contribution is 5.56. The van der Waals surface area contributed by atoms with Gasteiger partial charge in [0.25, 0.3) is 5.69 Å². The molecule has 3 N–H and O–H groups in total. The molecule has 21 heavy (non-hydrogen) atoms. The fourth-order valence-electron chi connectivity index (χ4n) is 2.01. The first-order valence-corrected chi connectivity index (χ1v) is 6.54. The van der Waals surface area contributed by atoms with Gasteiger partial charge in [-0.3, -0.25) is 16.0 Å². The van der Waals surface area contributed by atoms with Gasteiger partial charge in [0.05, 0.1) is 16.7 Å². The largest absolute Gasteiger partial charge is 0.457 e. The second-order valence-corrected chi connectivity index (χ2v) is 4.91. The van der Waals surface area contributed by atoms with Gasteiger partial charge < -0.3 is 10.2 Å². The lowest BCUT2D eigenvalue weighted by molar-refractivity contribution is -0.384.